The fraction of sp³-hybridized carbons (Fsp3) is 0.368. The minimum absolute atomic E-state index is 0.00478. The second kappa shape index (κ2) is 13.7. The largest absolute Gasteiger partial charge is 0.507 e. The van der Waals surface area contributed by atoms with Crippen LogP contribution < -0.4 is 15.4 Å². The van der Waals surface area contributed by atoms with E-state index in [4.69, 9.17) is 11.6 Å². The first-order valence-electron chi connectivity index (χ1n) is 17.0. The average Bonchev–Trinajstić information content (AvgIpc) is 3.08. The third-order valence-electron chi connectivity index (χ3n) is 9.81. The summed E-state index contributed by atoms with van der Waals surface area (Å²) in [5.74, 6) is -3.39. The van der Waals surface area contributed by atoms with E-state index in [9.17, 15) is 14.7 Å². The number of aromatic hydroxyl groups is 1. The van der Waals surface area contributed by atoms with Crippen LogP contribution in [0.1, 0.15) is 44.9 Å². The Morgan fingerprint density at radius 2 is 1.86 bits per heavy atom. The van der Waals surface area contributed by atoms with Crippen LogP contribution in [0, 0.1) is 11.6 Å². The van der Waals surface area contributed by atoms with Crippen LogP contribution in [-0.2, 0) is 16.0 Å². The molecule has 1 N–H and O–H groups in total. The predicted molar refractivity (Wildman–Crippen MR) is 196 cm³/mol. The second-order valence-electron chi connectivity index (χ2n) is 13.6. The van der Waals surface area contributed by atoms with Gasteiger partial charge in [0.15, 0.2) is 5.82 Å². The highest BCUT2D eigenvalue weighted by Gasteiger charge is 2.47. The van der Waals surface area contributed by atoms with Crippen LogP contribution in [0.25, 0.3) is 27.7 Å². The molecule has 6 rings (SSSR count). The molecular formula is C38H41ClF2N6O4. The third kappa shape index (κ3) is 5.84. The van der Waals surface area contributed by atoms with Gasteiger partial charge in [0, 0.05) is 42.8 Å². The van der Waals surface area contributed by atoms with Crippen molar-refractivity contribution in [1.82, 2.24) is 19.4 Å². The Hall–Kier alpha value is -4.81. The molecule has 0 saturated carbocycles. The van der Waals surface area contributed by atoms with Gasteiger partial charge in [0.05, 0.1) is 39.7 Å². The maximum Gasteiger partial charge on any atom is 0.281 e. The topological polar surface area (TPSA) is 102 Å². The molecule has 4 heterocycles. The van der Waals surface area contributed by atoms with E-state index in [1.807, 2.05) is 46.7 Å². The van der Waals surface area contributed by atoms with Gasteiger partial charge in [0.1, 0.15) is 23.3 Å². The molecule has 0 aliphatic carbocycles. The average molecular weight is 719 g/mol. The van der Waals surface area contributed by atoms with Crippen molar-refractivity contribution < 1.29 is 23.5 Å². The van der Waals surface area contributed by atoms with Crippen LogP contribution in [0.5, 0.6) is 5.75 Å². The van der Waals surface area contributed by atoms with Gasteiger partial charge in [-0.05, 0) is 69.3 Å². The molecule has 1 saturated heterocycles. The number of likely N-dealkylation sites (N-methyl/N-ethyl adjacent to an activating group) is 1. The zero-order chi connectivity index (χ0) is 37.0. The van der Waals surface area contributed by atoms with Crippen LogP contribution in [-0.4, -0.2) is 88.6 Å². The van der Waals surface area contributed by atoms with Gasteiger partial charge in [-0.25, -0.2) is 8.78 Å². The number of amides is 2. The summed E-state index contributed by atoms with van der Waals surface area (Å²) in [4.78, 5) is 54.1. The Bertz CT molecular complexity index is 2130. The van der Waals surface area contributed by atoms with Crippen molar-refractivity contribution in [2.75, 3.05) is 50.1 Å². The molecule has 2 amide bonds. The molecule has 2 aliphatic rings. The van der Waals surface area contributed by atoms with Crippen molar-refractivity contribution in [3.63, 3.8) is 0 Å². The first-order chi connectivity index (χ1) is 24.2. The van der Waals surface area contributed by atoms with E-state index in [0.717, 1.165) is 6.07 Å². The standard InChI is InChI=1S/C38H41ClF2N6O4/c1-8-22-13-14-42-32(20(3)4)33(22)47-34-23(17-24(39)29(31(34)41)30-25(40)11-10-12-27(30)48)35-36(38(47)51)44(16-15-43(6)7)37(50)26-19-45(28(49)9-2)21(5)18-46(26)35/h9-14,17,20-21,26,48H,2,8,15-16,18-19H2,1,3-7H3/t21-,26-/m1/s1. The Morgan fingerprint density at radius 3 is 2.49 bits per heavy atom. The van der Waals surface area contributed by atoms with Crippen molar-refractivity contribution in [3.05, 3.63) is 87.5 Å². The zero-order valence-electron chi connectivity index (χ0n) is 29.5. The molecule has 4 aromatic rings. The molecule has 0 unspecified atom stereocenters. The van der Waals surface area contributed by atoms with E-state index in [1.165, 1.54) is 33.7 Å². The predicted octanol–water partition coefficient (Wildman–Crippen LogP) is 5.88. The van der Waals surface area contributed by atoms with Gasteiger partial charge in [-0.15, -0.1) is 0 Å². The number of halogens is 3. The Balaban J connectivity index is 1.83. The second-order valence-corrected chi connectivity index (χ2v) is 14.0. The summed E-state index contributed by atoms with van der Waals surface area (Å²) >= 11 is 6.88. The van der Waals surface area contributed by atoms with E-state index >= 15 is 13.6 Å². The van der Waals surface area contributed by atoms with Gasteiger partial charge in [0.25, 0.3) is 11.5 Å². The van der Waals surface area contributed by atoms with E-state index in [2.05, 4.69) is 11.6 Å². The highest BCUT2D eigenvalue weighted by molar-refractivity contribution is 6.35. The SMILES string of the molecule is C=CC(=O)N1C[C@@H]2C(=O)N(CCN(C)C)c3c(c4cc(Cl)c(-c5c(O)cccc5F)c(F)c4n(-c4c(CC)ccnc4C(C)C)c3=O)N2C[C@H]1C. The number of piperazine rings is 1. The number of pyridine rings is 2. The molecule has 268 valence electrons. The number of carbonyl (C=O) groups is 2. The molecule has 0 bridgehead atoms. The lowest BCUT2D eigenvalue weighted by molar-refractivity contribution is -0.130. The van der Waals surface area contributed by atoms with Crippen molar-refractivity contribution in [2.45, 2.75) is 52.1 Å². The van der Waals surface area contributed by atoms with Gasteiger partial charge in [-0.3, -0.25) is 23.9 Å². The lowest BCUT2D eigenvalue weighted by Gasteiger charge is -2.50. The maximum atomic E-state index is 17.7. The summed E-state index contributed by atoms with van der Waals surface area (Å²) in [6.07, 6.45) is 3.30. The highest BCUT2D eigenvalue weighted by Crippen LogP contribution is 2.48. The molecule has 10 nitrogen and oxygen atoms in total. The number of rotatable bonds is 8. The van der Waals surface area contributed by atoms with Crippen molar-refractivity contribution >= 4 is 45.7 Å². The number of fused-ring (bicyclic) bond motifs is 5. The Labute approximate surface area is 300 Å². The number of aryl methyl sites for hydroxylation is 1. The van der Waals surface area contributed by atoms with Crippen molar-refractivity contribution in [3.8, 4) is 22.6 Å². The Kier molecular flexibility index (Phi) is 9.69. The lowest BCUT2D eigenvalue weighted by atomic mass is 9.94. The van der Waals surface area contributed by atoms with Crippen molar-refractivity contribution in [1.29, 1.82) is 0 Å². The quantitative estimate of drug-likeness (QED) is 0.227. The van der Waals surface area contributed by atoms with Crippen LogP contribution in [0.2, 0.25) is 5.02 Å². The number of phenolic OH excluding ortho intramolecular Hbond substituents is 1. The number of hydrogen-bond acceptors (Lipinski definition) is 7. The van der Waals surface area contributed by atoms with E-state index in [0.29, 0.717) is 29.9 Å². The number of hydrogen-bond donors (Lipinski definition) is 1. The van der Waals surface area contributed by atoms with Crippen LogP contribution in [0.4, 0.5) is 20.2 Å². The fourth-order valence-electron chi connectivity index (χ4n) is 7.33. The summed E-state index contributed by atoms with van der Waals surface area (Å²) in [5, 5.41) is 10.8. The number of nitrogens with zero attached hydrogens (tertiary/aromatic N) is 6. The molecule has 13 heteroatoms. The monoisotopic (exact) mass is 718 g/mol. The zero-order valence-corrected chi connectivity index (χ0v) is 30.3. The third-order valence-corrected chi connectivity index (χ3v) is 10.1. The first-order valence-corrected chi connectivity index (χ1v) is 17.3. The lowest BCUT2D eigenvalue weighted by Crippen LogP contribution is -2.67. The molecule has 2 aromatic heterocycles. The number of phenols is 1. The first kappa shape index (κ1) is 36.0. The molecular weight excluding hydrogens is 678 g/mol. The molecule has 2 aliphatic heterocycles. The van der Waals surface area contributed by atoms with Crippen molar-refractivity contribution in [2.24, 2.45) is 0 Å². The number of aromatic nitrogens is 2. The molecule has 1 fully saturated rings. The summed E-state index contributed by atoms with van der Waals surface area (Å²) in [7, 11) is 3.69. The smallest absolute Gasteiger partial charge is 0.281 e. The number of benzene rings is 2. The molecule has 0 spiro atoms. The minimum atomic E-state index is -1.03. The highest BCUT2D eigenvalue weighted by atomic mass is 35.5. The molecule has 2 atom stereocenters. The Morgan fingerprint density at radius 1 is 1.14 bits per heavy atom. The van der Waals surface area contributed by atoms with Gasteiger partial charge in [0.2, 0.25) is 5.91 Å². The summed E-state index contributed by atoms with van der Waals surface area (Å²) < 4.78 is 34.4. The van der Waals surface area contributed by atoms with Crippen LogP contribution >= 0.6 is 11.6 Å². The molecule has 51 heavy (non-hydrogen) atoms. The van der Waals surface area contributed by atoms with Gasteiger partial charge in [-0.2, -0.15) is 0 Å². The van der Waals surface area contributed by atoms with Gasteiger partial charge < -0.3 is 24.7 Å². The van der Waals surface area contributed by atoms with Gasteiger partial charge >= 0.3 is 0 Å². The summed E-state index contributed by atoms with van der Waals surface area (Å²) in [5.41, 5.74) is 0.162. The fourth-order valence-corrected chi connectivity index (χ4v) is 7.62. The minimum Gasteiger partial charge on any atom is -0.507 e. The molecule has 0 radical (unpaired) electrons. The van der Waals surface area contributed by atoms with Crippen LogP contribution in [0.15, 0.2) is 54.0 Å². The summed E-state index contributed by atoms with van der Waals surface area (Å²) in [6.45, 7) is 11.9. The van der Waals surface area contributed by atoms with Gasteiger partial charge in [-0.1, -0.05) is 45.0 Å². The maximum absolute atomic E-state index is 17.7. The summed E-state index contributed by atoms with van der Waals surface area (Å²) in [6, 6.07) is 5.52. The molecule has 2 aromatic carbocycles. The van der Waals surface area contributed by atoms with E-state index in [-0.39, 0.29) is 64.7 Å². The number of carbonyl (C=O) groups excluding carboxylic acids is 2. The van der Waals surface area contributed by atoms with E-state index in [1.54, 1.807) is 22.1 Å². The van der Waals surface area contributed by atoms with Crippen LogP contribution in [0.3, 0.4) is 0 Å². The number of anilines is 2. The van der Waals surface area contributed by atoms with E-state index < -0.39 is 46.2 Å². The normalized spacial score (nSPS) is 17.4.